The summed E-state index contributed by atoms with van der Waals surface area (Å²) in [5, 5.41) is 4.19. The predicted octanol–water partition coefficient (Wildman–Crippen LogP) is 4.31. The van der Waals surface area contributed by atoms with Crippen LogP contribution in [-0.2, 0) is 6.42 Å². The molecule has 3 heterocycles. The number of anilines is 2. The summed E-state index contributed by atoms with van der Waals surface area (Å²) in [6.07, 6.45) is 4.23. The lowest BCUT2D eigenvalue weighted by molar-refractivity contribution is 0.102. The van der Waals surface area contributed by atoms with Crippen LogP contribution in [0.15, 0.2) is 73.1 Å². The molecule has 2 aromatic heterocycles. The summed E-state index contributed by atoms with van der Waals surface area (Å²) in [5.74, 6) is 0.991. The van der Waals surface area contributed by atoms with Crippen LogP contribution in [0.25, 0.3) is 10.1 Å². The summed E-state index contributed by atoms with van der Waals surface area (Å²) in [7, 11) is 0. The Kier molecular flexibility index (Phi) is 6.09. The smallest absolute Gasteiger partial charge is 0.257 e. The highest BCUT2D eigenvalue weighted by atomic mass is 32.1. The number of amides is 1. The highest BCUT2D eigenvalue weighted by Crippen LogP contribution is 2.29. The van der Waals surface area contributed by atoms with Crippen molar-refractivity contribution in [1.29, 1.82) is 0 Å². The van der Waals surface area contributed by atoms with Gasteiger partial charge in [0.15, 0.2) is 0 Å². The summed E-state index contributed by atoms with van der Waals surface area (Å²) in [6, 6.07) is 20.1. The molecule has 0 unspecified atom stereocenters. The van der Waals surface area contributed by atoms with Crippen molar-refractivity contribution in [2.45, 2.75) is 6.42 Å². The summed E-state index contributed by atoms with van der Waals surface area (Å²) in [6.45, 7) is 5.14. The van der Waals surface area contributed by atoms with Crippen molar-refractivity contribution < 1.29 is 4.79 Å². The fraction of sp³-hybridized carbons (Fsp3) is 0.240. The zero-order valence-corrected chi connectivity index (χ0v) is 18.6. The van der Waals surface area contributed by atoms with Gasteiger partial charge in [-0.1, -0.05) is 24.3 Å². The van der Waals surface area contributed by atoms with E-state index < -0.39 is 0 Å². The van der Waals surface area contributed by atoms with Crippen LogP contribution in [0.1, 0.15) is 15.9 Å². The number of carbonyl (C=O) groups is 1. The summed E-state index contributed by atoms with van der Waals surface area (Å²) >= 11 is 1.58. The first-order valence-electron chi connectivity index (χ1n) is 10.9. The van der Waals surface area contributed by atoms with E-state index in [2.05, 4.69) is 56.5 Å². The summed E-state index contributed by atoms with van der Waals surface area (Å²) in [5.41, 5.74) is 2.63. The molecule has 0 atom stereocenters. The Bertz CT molecular complexity index is 1180. The molecule has 2 aromatic carbocycles. The average molecular weight is 444 g/mol. The topological polar surface area (TPSA) is 61.4 Å². The molecular weight excluding hydrogens is 418 g/mol. The van der Waals surface area contributed by atoms with Crippen LogP contribution in [-0.4, -0.2) is 52.9 Å². The van der Waals surface area contributed by atoms with Crippen LogP contribution in [0.2, 0.25) is 0 Å². The Morgan fingerprint density at radius 3 is 2.56 bits per heavy atom. The van der Waals surface area contributed by atoms with Crippen LogP contribution >= 0.6 is 11.5 Å². The molecule has 5 rings (SSSR count). The number of hydrogen-bond donors (Lipinski definition) is 1. The number of carbonyl (C=O) groups excluding carboxylic acids is 1. The molecular formula is C25H25N5OS. The van der Waals surface area contributed by atoms with E-state index in [1.54, 1.807) is 36.1 Å². The van der Waals surface area contributed by atoms with Crippen LogP contribution in [0.4, 0.5) is 11.5 Å². The second-order valence-electron chi connectivity index (χ2n) is 7.97. The van der Waals surface area contributed by atoms with Gasteiger partial charge in [-0.3, -0.25) is 14.7 Å². The Hall–Kier alpha value is -3.29. The molecule has 1 fully saturated rings. The standard InChI is InChI=1S/C25H25N5OS/c31-25(20-4-3-12-26-18-20)27-21-9-7-19(8-10-21)11-13-29-14-16-30(17-15-29)24-22-5-1-2-6-23(22)32-28-24/h1-10,12,18H,11,13-17H2,(H,27,31). The van der Waals surface area contributed by atoms with E-state index in [-0.39, 0.29) is 5.91 Å². The Morgan fingerprint density at radius 2 is 1.78 bits per heavy atom. The number of nitrogens with zero attached hydrogens (tertiary/aromatic N) is 4. The van der Waals surface area contributed by atoms with Crippen molar-refractivity contribution in [2.75, 3.05) is 42.9 Å². The fourth-order valence-corrected chi connectivity index (χ4v) is 4.82. The molecule has 1 amide bonds. The molecule has 1 saturated heterocycles. The Balaban J connectivity index is 1.11. The maximum atomic E-state index is 12.2. The lowest BCUT2D eigenvalue weighted by atomic mass is 10.1. The van der Waals surface area contributed by atoms with E-state index in [1.807, 2.05) is 12.1 Å². The van der Waals surface area contributed by atoms with Crippen LogP contribution in [0.3, 0.4) is 0 Å². The first-order valence-corrected chi connectivity index (χ1v) is 11.7. The second kappa shape index (κ2) is 9.46. The van der Waals surface area contributed by atoms with Gasteiger partial charge in [0.2, 0.25) is 0 Å². The van der Waals surface area contributed by atoms with Gasteiger partial charge in [0.05, 0.1) is 10.3 Å². The summed E-state index contributed by atoms with van der Waals surface area (Å²) in [4.78, 5) is 21.2. The van der Waals surface area contributed by atoms with E-state index in [0.29, 0.717) is 5.56 Å². The number of hydrogen-bond acceptors (Lipinski definition) is 6. The molecule has 0 radical (unpaired) electrons. The number of fused-ring (bicyclic) bond motifs is 1. The van der Waals surface area contributed by atoms with Gasteiger partial charge in [-0.25, -0.2) is 0 Å². The number of nitrogens with one attached hydrogen (secondary N) is 1. The zero-order chi connectivity index (χ0) is 21.8. The molecule has 1 aliphatic rings. The van der Waals surface area contributed by atoms with Crippen molar-refractivity contribution in [3.05, 3.63) is 84.2 Å². The first kappa shape index (κ1) is 20.6. The number of pyridine rings is 1. The maximum Gasteiger partial charge on any atom is 0.257 e. The zero-order valence-electron chi connectivity index (χ0n) is 17.8. The van der Waals surface area contributed by atoms with Gasteiger partial charge < -0.3 is 10.2 Å². The van der Waals surface area contributed by atoms with E-state index in [1.165, 1.54) is 15.6 Å². The van der Waals surface area contributed by atoms with E-state index in [4.69, 9.17) is 4.37 Å². The lowest BCUT2D eigenvalue weighted by Crippen LogP contribution is -2.47. The number of piperazine rings is 1. The van der Waals surface area contributed by atoms with Crippen molar-refractivity contribution in [3.8, 4) is 0 Å². The lowest BCUT2D eigenvalue weighted by Gasteiger charge is -2.35. The maximum absolute atomic E-state index is 12.2. The molecule has 1 N–H and O–H groups in total. The minimum absolute atomic E-state index is 0.142. The van der Waals surface area contributed by atoms with E-state index in [9.17, 15) is 4.79 Å². The first-order chi connectivity index (χ1) is 15.8. The van der Waals surface area contributed by atoms with Crippen molar-refractivity contribution >= 4 is 39.0 Å². The van der Waals surface area contributed by atoms with Gasteiger partial charge >= 0.3 is 0 Å². The molecule has 32 heavy (non-hydrogen) atoms. The monoisotopic (exact) mass is 443 g/mol. The molecule has 0 bridgehead atoms. The van der Waals surface area contributed by atoms with Gasteiger partial charge in [0.25, 0.3) is 5.91 Å². The van der Waals surface area contributed by atoms with Gasteiger partial charge in [-0.15, -0.1) is 0 Å². The highest BCUT2D eigenvalue weighted by Gasteiger charge is 2.20. The molecule has 0 saturated carbocycles. The third-order valence-electron chi connectivity index (χ3n) is 5.88. The number of rotatable bonds is 6. The average Bonchev–Trinajstić information content (AvgIpc) is 3.29. The van der Waals surface area contributed by atoms with Crippen molar-refractivity contribution in [1.82, 2.24) is 14.3 Å². The SMILES string of the molecule is O=C(Nc1ccc(CCN2CCN(c3nsc4ccccc34)CC2)cc1)c1cccnc1. The highest BCUT2D eigenvalue weighted by molar-refractivity contribution is 7.13. The van der Waals surface area contributed by atoms with Gasteiger partial charge in [-0.05, 0) is 59.9 Å². The van der Waals surface area contributed by atoms with Crippen LogP contribution in [0, 0.1) is 0 Å². The quantitative estimate of drug-likeness (QED) is 0.481. The Labute approximate surface area is 191 Å². The van der Waals surface area contributed by atoms with Crippen molar-refractivity contribution in [3.63, 3.8) is 0 Å². The second-order valence-corrected chi connectivity index (χ2v) is 8.78. The van der Waals surface area contributed by atoms with Crippen molar-refractivity contribution in [2.24, 2.45) is 0 Å². The minimum Gasteiger partial charge on any atom is -0.353 e. The van der Waals surface area contributed by atoms with E-state index in [0.717, 1.165) is 50.6 Å². The predicted molar refractivity (Wildman–Crippen MR) is 131 cm³/mol. The van der Waals surface area contributed by atoms with Crippen LogP contribution < -0.4 is 10.2 Å². The van der Waals surface area contributed by atoms with Gasteiger partial charge in [0.1, 0.15) is 5.82 Å². The van der Waals surface area contributed by atoms with E-state index >= 15 is 0 Å². The normalized spacial score (nSPS) is 14.6. The molecule has 6 nitrogen and oxygen atoms in total. The third kappa shape index (κ3) is 4.64. The molecule has 0 spiro atoms. The molecule has 0 aliphatic carbocycles. The van der Waals surface area contributed by atoms with Gasteiger partial charge in [-0.2, -0.15) is 4.37 Å². The minimum atomic E-state index is -0.142. The Morgan fingerprint density at radius 1 is 0.969 bits per heavy atom. The molecule has 7 heteroatoms. The number of aromatic nitrogens is 2. The number of benzene rings is 2. The molecule has 4 aromatic rings. The van der Waals surface area contributed by atoms with Crippen LogP contribution in [0.5, 0.6) is 0 Å². The fourth-order valence-electron chi connectivity index (χ4n) is 4.03. The summed E-state index contributed by atoms with van der Waals surface area (Å²) < 4.78 is 5.96. The third-order valence-corrected chi connectivity index (χ3v) is 6.70. The molecule has 1 aliphatic heterocycles. The molecule has 162 valence electrons. The van der Waals surface area contributed by atoms with Gasteiger partial charge in [0, 0.05) is 56.2 Å². The largest absolute Gasteiger partial charge is 0.353 e.